The van der Waals surface area contributed by atoms with Gasteiger partial charge in [0.05, 0.1) is 13.3 Å². The first kappa shape index (κ1) is 15.8. The number of rotatable bonds is 5. The zero-order valence-corrected chi connectivity index (χ0v) is 14.8. The molecular weight excluding hydrogens is 320 g/mol. The highest BCUT2D eigenvalue weighted by molar-refractivity contribution is 5.52. The fourth-order valence-corrected chi connectivity index (χ4v) is 3.15. The number of ether oxygens (including phenoxy) is 1. The molecule has 0 unspecified atom stereocenters. The highest BCUT2D eigenvalue weighted by atomic mass is 16.5. The van der Waals surface area contributed by atoms with Crippen LogP contribution in [-0.2, 0) is 19.9 Å². The summed E-state index contributed by atoms with van der Waals surface area (Å²) in [5.74, 6) is 3.94. The average molecular weight is 342 g/mol. The number of nitrogens with zero attached hydrogens (tertiary/aromatic N) is 8. The first-order valence-corrected chi connectivity index (χ1v) is 8.56. The zero-order valence-electron chi connectivity index (χ0n) is 14.8. The van der Waals surface area contributed by atoms with Gasteiger partial charge < -0.3 is 9.64 Å². The summed E-state index contributed by atoms with van der Waals surface area (Å²) >= 11 is 0. The van der Waals surface area contributed by atoms with Gasteiger partial charge in [0.2, 0.25) is 11.6 Å². The molecule has 0 aliphatic carbocycles. The summed E-state index contributed by atoms with van der Waals surface area (Å²) in [4.78, 5) is 15.8. The van der Waals surface area contributed by atoms with E-state index in [1.807, 2.05) is 18.7 Å². The highest BCUT2D eigenvalue weighted by Gasteiger charge is 2.18. The third kappa shape index (κ3) is 2.90. The van der Waals surface area contributed by atoms with Gasteiger partial charge in [0.25, 0.3) is 0 Å². The van der Waals surface area contributed by atoms with Crippen molar-refractivity contribution in [2.45, 2.75) is 32.6 Å². The molecular formula is C16H22N8O. The standard InChI is InChI=1S/C16H22N8O/c1-11-17-10-12(25-3)15-18-13(20-24(11)15)6-7-14-19-16(21-22(14)2)23-8-4-5-9-23/h10H,4-9H2,1-3H3. The predicted octanol–water partition coefficient (Wildman–Crippen LogP) is 0.955. The molecule has 4 rings (SSSR count). The Labute approximate surface area is 145 Å². The van der Waals surface area contributed by atoms with E-state index in [1.54, 1.807) is 17.8 Å². The van der Waals surface area contributed by atoms with Crippen LogP contribution in [0.25, 0.3) is 5.65 Å². The van der Waals surface area contributed by atoms with Crippen molar-refractivity contribution in [3.63, 3.8) is 0 Å². The third-order valence-corrected chi connectivity index (χ3v) is 4.57. The first-order valence-electron chi connectivity index (χ1n) is 8.56. The van der Waals surface area contributed by atoms with Crippen LogP contribution in [0, 0.1) is 6.92 Å². The van der Waals surface area contributed by atoms with Crippen molar-refractivity contribution in [3.8, 4) is 5.75 Å². The molecule has 0 aromatic carbocycles. The van der Waals surface area contributed by atoms with Gasteiger partial charge in [-0.05, 0) is 19.8 Å². The number of fused-ring (bicyclic) bond motifs is 1. The van der Waals surface area contributed by atoms with E-state index in [0.29, 0.717) is 17.8 Å². The topological polar surface area (TPSA) is 86.3 Å². The number of hydrogen-bond donors (Lipinski definition) is 0. The van der Waals surface area contributed by atoms with Crippen molar-refractivity contribution in [3.05, 3.63) is 23.7 Å². The summed E-state index contributed by atoms with van der Waals surface area (Å²) in [6.45, 7) is 3.99. The number of anilines is 1. The SMILES string of the molecule is COc1cnc(C)n2nc(CCc3nc(N4CCCC4)nn3C)nc12. The fraction of sp³-hybridized carbons (Fsp3) is 0.562. The lowest BCUT2D eigenvalue weighted by Gasteiger charge is -2.10. The van der Waals surface area contributed by atoms with E-state index < -0.39 is 0 Å². The van der Waals surface area contributed by atoms with Crippen molar-refractivity contribution in [1.82, 2.24) is 34.3 Å². The van der Waals surface area contributed by atoms with Crippen LogP contribution < -0.4 is 9.64 Å². The summed E-state index contributed by atoms with van der Waals surface area (Å²) in [5, 5.41) is 9.09. The first-order chi connectivity index (χ1) is 12.2. The van der Waals surface area contributed by atoms with Crippen molar-refractivity contribution in [2.75, 3.05) is 25.1 Å². The van der Waals surface area contributed by atoms with Gasteiger partial charge >= 0.3 is 0 Å². The summed E-state index contributed by atoms with van der Waals surface area (Å²) < 4.78 is 8.90. The highest BCUT2D eigenvalue weighted by Crippen LogP contribution is 2.19. The maximum Gasteiger partial charge on any atom is 0.244 e. The third-order valence-electron chi connectivity index (χ3n) is 4.57. The molecule has 1 fully saturated rings. The van der Waals surface area contributed by atoms with Crippen molar-refractivity contribution in [2.24, 2.45) is 7.05 Å². The monoisotopic (exact) mass is 342 g/mol. The Hall–Kier alpha value is -2.71. The molecule has 1 aliphatic rings. The van der Waals surface area contributed by atoms with Crippen LogP contribution in [0.5, 0.6) is 5.75 Å². The van der Waals surface area contributed by atoms with Gasteiger partial charge in [-0.25, -0.2) is 9.97 Å². The maximum atomic E-state index is 5.32. The fourth-order valence-electron chi connectivity index (χ4n) is 3.15. The number of aromatic nitrogens is 7. The normalized spacial score (nSPS) is 14.6. The molecule has 9 nitrogen and oxygen atoms in total. The molecule has 0 saturated carbocycles. The average Bonchev–Trinajstić information content (AvgIpc) is 3.33. The van der Waals surface area contributed by atoms with Crippen molar-refractivity contribution >= 4 is 11.6 Å². The molecule has 132 valence electrons. The molecule has 0 spiro atoms. The van der Waals surface area contributed by atoms with Crippen molar-refractivity contribution < 1.29 is 4.74 Å². The van der Waals surface area contributed by atoms with Gasteiger partial charge in [0.15, 0.2) is 11.6 Å². The minimum atomic E-state index is 0.624. The minimum Gasteiger partial charge on any atom is -0.491 e. The predicted molar refractivity (Wildman–Crippen MR) is 91.9 cm³/mol. The lowest BCUT2D eigenvalue weighted by molar-refractivity contribution is 0.413. The molecule has 0 atom stereocenters. The second-order valence-electron chi connectivity index (χ2n) is 6.28. The molecule has 3 aromatic heterocycles. The quantitative estimate of drug-likeness (QED) is 0.682. The number of methoxy groups -OCH3 is 1. The van der Waals surface area contributed by atoms with Crippen LogP contribution in [0.2, 0.25) is 0 Å². The van der Waals surface area contributed by atoms with Crippen molar-refractivity contribution in [1.29, 1.82) is 0 Å². The van der Waals surface area contributed by atoms with Gasteiger partial charge in [0.1, 0.15) is 11.6 Å². The molecule has 0 radical (unpaired) electrons. The summed E-state index contributed by atoms with van der Waals surface area (Å²) in [6.07, 6.45) is 5.54. The van der Waals surface area contributed by atoms with Gasteiger partial charge in [-0.2, -0.15) is 9.50 Å². The number of hydrogen-bond acceptors (Lipinski definition) is 7. The second-order valence-corrected chi connectivity index (χ2v) is 6.28. The smallest absolute Gasteiger partial charge is 0.244 e. The molecule has 0 bridgehead atoms. The second kappa shape index (κ2) is 6.30. The van der Waals surface area contributed by atoms with E-state index in [-0.39, 0.29) is 0 Å². The van der Waals surface area contributed by atoms with Crippen LogP contribution >= 0.6 is 0 Å². The molecule has 0 amide bonds. The number of aryl methyl sites for hydroxylation is 4. The van der Waals surface area contributed by atoms with Crippen LogP contribution in [-0.4, -0.2) is 54.5 Å². The molecule has 1 saturated heterocycles. The van der Waals surface area contributed by atoms with Crippen LogP contribution in [0.4, 0.5) is 5.95 Å². The Balaban J connectivity index is 1.53. The lowest BCUT2D eigenvalue weighted by atomic mass is 10.3. The molecule has 25 heavy (non-hydrogen) atoms. The van der Waals surface area contributed by atoms with E-state index in [0.717, 1.165) is 42.9 Å². The molecule has 1 aliphatic heterocycles. The Morgan fingerprint density at radius 2 is 1.92 bits per heavy atom. The Morgan fingerprint density at radius 1 is 1.12 bits per heavy atom. The largest absolute Gasteiger partial charge is 0.491 e. The summed E-state index contributed by atoms with van der Waals surface area (Å²) in [7, 11) is 3.55. The Bertz CT molecular complexity index is 893. The van der Waals surface area contributed by atoms with E-state index in [1.165, 1.54) is 12.8 Å². The van der Waals surface area contributed by atoms with Gasteiger partial charge in [0, 0.05) is 33.0 Å². The zero-order chi connectivity index (χ0) is 17.4. The Morgan fingerprint density at radius 3 is 2.68 bits per heavy atom. The van der Waals surface area contributed by atoms with Gasteiger partial charge in [-0.1, -0.05) is 0 Å². The maximum absolute atomic E-state index is 5.32. The summed E-state index contributed by atoms with van der Waals surface area (Å²) in [5.41, 5.74) is 0.695. The van der Waals surface area contributed by atoms with Crippen LogP contribution in [0.15, 0.2) is 6.20 Å². The lowest BCUT2D eigenvalue weighted by Crippen LogP contribution is -2.19. The Kier molecular flexibility index (Phi) is 3.98. The van der Waals surface area contributed by atoms with Gasteiger partial charge in [-0.3, -0.25) is 4.68 Å². The van der Waals surface area contributed by atoms with E-state index in [9.17, 15) is 0 Å². The molecule has 9 heteroatoms. The van der Waals surface area contributed by atoms with Crippen LogP contribution in [0.1, 0.15) is 30.3 Å². The van der Waals surface area contributed by atoms with E-state index >= 15 is 0 Å². The van der Waals surface area contributed by atoms with E-state index in [2.05, 4.69) is 25.1 Å². The van der Waals surface area contributed by atoms with Crippen LogP contribution in [0.3, 0.4) is 0 Å². The summed E-state index contributed by atoms with van der Waals surface area (Å²) in [6, 6.07) is 0. The molecule has 3 aromatic rings. The van der Waals surface area contributed by atoms with Gasteiger partial charge in [-0.15, -0.1) is 10.2 Å². The van der Waals surface area contributed by atoms with E-state index in [4.69, 9.17) is 9.72 Å². The molecule has 0 N–H and O–H groups in total. The molecule has 4 heterocycles. The minimum absolute atomic E-state index is 0.624.